The van der Waals surface area contributed by atoms with E-state index in [0.29, 0.717) is 6.04 Å². The van der Waals surface area contributed by atoms with Gasteiger partial charge in [-0.1, -0.05) is 71.1 Å². The molecule has 0 saturated heterocycles. The van der Waals surface area contributed by atoms with Crippen molar-refractivity contribution in [2.45, 2.75) is 96.4 Å². The van der Waals surface area contributed by atoms with Gasteiger partial charge in [-0.3, -0.25) is 11.3 Å². The molecule has 1 saturated carbocycles. The van der Waals surface area contributed by atoms with Gasteiger partial charge in [-0.2, -0.15) is 0 Å². The predicted molar refractivity (Wildman–Crippen MR) is 80.3 cm³/mol. The topological polar surface area (TPSA) is 38.0 Å². The lowest BCUT2D eigenvalue weighted by Gasteiger charge is -2.25. The van der Waals surface area contributed by atoms with Crippen LogP contribution < -0.4 is 11.3 Å². The van der Waals surface area contributed by atoms with Gasteiger partial charge in [-0.15, -0.1) is 0 Å². The van der Waals surface area contributed by atoms with E-state index in [9.17, 15) is 0 Å². The van der Waals surface area contributed by atoms with Crippen LogP contribution in [0.15, 0.2) is 0 Å². The lowest BCUT2D eigenvalue weighted by molar-refractivity contribution is 0.300. The Morgan fingerprint density at radius 2 is 1.56 bits per heavy atom. The quantitative estimate of drug-likeness (QED) is 0.274. The molecule has 0 aromatic carbocycles. The fraction of sp³-hybridized carbons (Fsp3) is 1.00. The molecule has 0 bridgehead atoms. The summed E-state index contributed by atoms with van der Waals surface area (Å²) in [6, 6.07) is 0.578. The van der Waals surface area contributed by atoms with E-state index >= 15 is 0 Å². The molecule has 1 unspecified atom stereocenters. The van der Waals surface area contributed by atoms with Crippen molar-refractivity contribution in [3.63, 3.8) is 0 Å². The summed E-state index contributed by atoms with van der Waals surface area (Å²) in [7, 11) is 0. The van der Waals surface area contributed by atoms with Crippen molar-refractivity contribution in [1.29, 1.82) is 0 Å². The number of nitrogens with two attached hydrogens (primary N) is 1. The normalized spacial score (nSPS) is 19.7. The minimum absolute atomic E-state index is 0.578. The molecule has 1 rings (SSSR count). The third-order valence-corrected chi connectivity index (χ3v) is 4.55. The van der Waals surface area contributed by atoms with Crippen molar-refractivity contribution in [3.05, 3.63) is 0 Å². The van der Waals surface area contributed by atoms with E-state index in [-0.39, 0.29) is 0 Å². The molecular formula is C16H34N2. The third kappa shape index (κ3) is 6.75. The lowest BCUT2D eigenvalue weighted by Crippen LogP contribution is -2.40. The Morgan fingerprint density at radius 3 is 2.17 bits per heavy atom. The summed E-state index contributed by atoms with van der Waals surface area (Å²) in [5.74, 6) is 6.61. The molecule has 108 valence electrons. The van der Waals surface area contributed by atoms with Gasteiger partial charge in [0, 0.05) is 6.04 Å². The van der Waals surface area contributed by atoms with E-state index in [2.05, 4.69) is 12.3 Å². The smallest absolute Gasteiger partial charge is 0.0238 e. The van der Waals surface area contributed by atoms with Crippen LogP contribution in [0, 0.1) is 5.92 Å². The molecule has 1 aliphatic carbocycles. The lowest BCUT2D eigenvalue weighted by atomic mass is 9.89. The van der Waals surface area contributed by atoms with Crippen LogP contribution in [0.4, 0.5) is 0 Å². The zero-order chi connectivity index (χ0) is 13.1. The Balaban J connectivity index is 2.11. The van der Waals surface area contributed by atoms with Gasteiger partial charge >= 0.3 is 0 Å². The Morgan fingerprint density at radius 1 is 0.944 bits per heavy atom. The van der Waals surface area contributed by atoms with Crippen LogP contribution >= 0.6 is 0 Å². The summed E-state index contributed by atoms with van der Waals surface area (Å²) in [6.45, 7) is 2.28. The number of hydrazine groups is 1. The fourth-order valence-corrected chi connectivity index (χ4v) is 3.31. The van der Waals surface area contributed by atoms with Gasteiger partial charge in [0.25, 0.3) is 0 Å². The van der Waals surface area contributed by atoms with Crippen molar-refractivity contribution in [2.75, 3.05) is 0 Å². The molecule has 0 aliphatic heterocycles. The number of nitrogens with one attached hydrogen (secondary N) is 1. The highest BCUT2D eigenvalue weighted by atomic mass is 15.2. The van der Waals surface area contributed by atoms with Gasteiger partial charge < -0.3 is 0 Å². The summed E-state index contributed by atoms with van der Waals surface area (Å²) in [6.07, 6.45) is 18.1. The highest BCUT2D eigenvalue weighted by Gasteiger charge is 2.21. The molecule has 1 atom stereocenters. The standard InChI is InChI=1S/C16H34N2/c1-2-3-4-5-6-11-14-16(18-17)15-12-9-7-8-10-13-15/h15-16,18H,2-14,17H2,1H3. The molecule has 2 nitrogen and oxygen atoms in total. The summed E-state index contributed by atoms with van der Waals surface area (Å²) in [5, 5.41) is 0. The molecule has 3 N–H and O–H groups in total. The second kappa shape index (κ2) is 10.8. The first-order chi connectivity index (χ1) is 8.88. The number of unbranched alkanes of at least 4 members (excludes halogenated alkanes) is 5. The molecule has 18 heavy (non-hydrogen) atoms. The van der Waals surface area contributed by atoms with E-state index in [4.69, 9.17) is 5.84 Å². The van der Waals surface area contributed by atoms with E-state index < -0.39 is 0 Å². The zero-order valence-electron chi connectivity index (χ0n) is 12.4. The molecular weight excluding hydrogens is 220 g/mol. The maximum atomic E-state index is 5.77. The molecule has 0 heterocycles. The van der Waals surface area contributed by atoms with E-state index in [1.54, 1.807) is 0 Å². The summed E-state index contributed by atoms with van der Waals surface area (Å²) in [4.78, 5) is 0. The second-order valence-electron chi connectivity index (χ2n) is 6.08. The Bertz CT molecular complexity index is 174. The average molecular weight is 254 g/mol. The van der Waals surface area contributed by atoms with Crippen LogP contribution in [0.5, 0.6) is 0 Å². The molecule has 0 amide bonds. The Hall–Kier alpha value is -0.0800. The highest BCUT2D eigenvalue weighted by molar-refractivity contribution is 4.76. The number of rotatable bonds is 9. The van der Waals surface area contributed by atoms with Gasteiger partial charge in [-0.25, -0.2) is 0 Å². The monoisotopic (exact) mass is 254 g/mol. The minimum atomic E-state index is 0.578. The van der Waals surface area contributed by atoms with Crippen molar-refractivity contribution in [3.8, 4) is 0 Å². The molecule has 1 fully saturated rings. The van der Waals surface area contributed by atoms with Gasteiger partial charge in [0.15, 0.2) is 0 Å². The molecule has 2 heteroatoms. The SMILES string of the molecule is CCCCCCCCC(NN)C1CCCCCC1. The van der Waals surface area contributed by atoms with Crippen LogP contribution in [-0.4, -0.2) is 6.04 Å². The van der Waals surface area contributed by atoms with Crippen molar-refractivity contribution in [2.24, 2.45) is 11.8 Å². The maximum absolute atomic E-state index is 5.77. The molecule has 0 aromatic rings. The molecule has 0 spiro atoms. The van der Waals surface area contributed by atoms with Crippen molar-refractivity contribution >= 4 is 0 Å². The Labute approximate surface area is 114 Å². The van der Waals surface area contributed by atoms with Gasteiger partial charge in [0.05, 0.1) is 0 Å². The summed E-state index contributed by atoms with van der Waals surface area (Å²) >= 11 is 0. The van der Waals surface area contributed by atoms with Crippen LogP contribution in [0.25, 0.3) is 0 Å². The average Bonchev–Trinajstić information content (AvgIpc) is 2.67. The first-order valence-electron chi connectivity index (χ1n) is 8.34. The molecule has 1 aliphatic rings. The minimum Gasteiger partial charge on any atom is -0.271 e. The number of hydrogen-bond acceptors (Lipinski definition) is 2. The predicted octanol–water partition coefficient (Wildman–Crippen LogP) is 4.54. The zero-order valence-corrected chi connectivity index (χ0v) is 12.4. The van der Waals surface area contributed by atoms with Crippen LogP contribution in [0.3, 0.4) is 0 Å². The van der Waals surface area contributed by atoms with Crippen LogP contribution in [-0.2, 0) is 0 Å². The maximum Gasteiger partial charge on any atom is 0.0238 e. The van der Waals surface area contributed by atoms with E-state index in [0.717, 1.165) is 5.92 Å². The second-order valence-corrected chi connectivity index (χ2v) is 6.08. The van der Waals surface area contributed by atoms with E-state index in [1.165, 1.54) is 83.5 Å². The van der Waals surface area contributed by atoms with Gasteiger partial charge in [0.1, 0.15) is 0 Å². The van der Waals surface area contributed by atoms with Crippen LogP contribution in [0.2, 0.25) is 0 Å². The third-order valence-electron chi connectivity index (χ3n) is 4.55. The molecule has 0 aromatic heterocycles. The highest BCUT2D eigenvalue weighted by Crippen LogP contribution is 2.27. The van der Waals surface area contributed by atoms with Gasteiger partial charge in [-0.05, 0) is 25.2 Å². The summed E-state index contributed by atoms with van der Waals surface area (Å²) < 4.78 is 0. The molecule has 0 radical (unpaired) electrons. The van der Waals surface area contributed by atoms with Gasteiger partial charge in [0.2, 0.25) is 0 Å². The van der Waals surface area contributed by atoms with E-state index in [1.807, 2.05) is 0 Å². The first kappa shape index (κ1) is 16.0. The largest absolute Gasteiger partial charge is 0.271 e. The van der Waals surface area contributed by atoms with Crippen molar-refractivity contribution in [1.82, 2.24) is 5.43 Å². The number of hydrogen-bond donors (Lipinski definition) is 2. The summed E-state index contributed by atoms with van der Waals surface area (Å²) in [5.41, 5.74) is 3.10. The fourth-order valence-electron chi connectivity index (χ4n) is 3.31. The Kier molecular flexibility index (Phi) is 9.59. The van der Waals surface area contributed by atoms with Crippen molar-refractivity contribution < 1.29 is 0 Å². The first-order valence-corrected chi connectivity index (χ1v) is 8.34. The van der Waals surface area contributed by atoms with Crippen LogP contribution in [0.1, 0.15) is 90.4 Å².